The summed E-state index contributed by atoms with van der Waals surface area (Å²) in [6.45, 7) is 5.02. The summed E-state index contributed by atoms with van der Waals surface area (Å²) < 4.78 is 0.480. The molecule has 122 valence electrons. The number of carbonyl (C=O) groups is 2. The van der Waals surface area contributed by atoms with E-state index in [1.54, 1.807) is 4.90 Å². The molecule has 6 nitrogen and oxygen atoms in total. The van der Waals surface area contributed by atoms with Gasteiger partial charge < -0.3 is 14.9 Å². The molecule has 0 aliphatic carbocycles. The Morgan fingerprint density at radius 1 is 1.18 bits per heavy atom. The van der Waals surface area contributed by atoms with Gasteiger partial charge in [-0.3, -0.25) is 9.69 Å². The Bertz CT molecular complexity index is 603. The van der Waals surface area contributed by atoms with Crippen molar-refractivity contribution in [3.63, 3.8) is 0 Å². The second-order valence-electron chi connectivity index (χ2n) is 5.51. The topological polar surface area (TPSA) is 65.3 Å². The van der Waals surface area contributed by atoms with Crippen LogP contribution in [-0.2, 0) is 0 Å². The Labute approximate surface area is 142 Å². The minimum atomic E-state index is -1.08. The van der Waals surface area contributed by atoms with Gasteiger partial charge in [-0.1, -0.05) is 12.2 Å². The van der Waals surface area contributed by atoms with Crippen molar-refractivity contribution in [1.29, 1.82) is 0 Å². The van der Waals surface area contributed by atoms with Gasteiger partial charge >= 0.3 is 5.97 Å². The Hall–Kier alpha value is -0.870. The quantitative estimate of drug-likeness (QED) is 0.730. The molecule has 1 aromatic rings. The van der Waals surface area contributed by atoms with Gasteiger partial charge in [0.25, 0.3) is 5.91 Å². The summed E-state index contributed by atoms with van der Waals surface area (Å²) in [5, 5.41) is 9.18. The number of rotatable bonds is 5. The summed E-state index contributed by atoms with van der Waals surface area (Å²) in [5.74, 6) is -1.28. The number of carbonyl (C=O) groups excluding carboxylic acids is 1. The maximum atomic E-state index is 12.5. The van der Waals surface area contributed by atoms with Gasteiger partial charge in [0, 0.05) is 32.7 Å². The van der Waals surface area contributed by atoms with Gasteiger partial charge in [-0.05, 0) is 0 Å². The number of hydrogen-bond acceptors (Lipinski definition) is 6. The van der Waals surface area contributed by atoms with Crippen LogP contribution in [0.4, 0.5) is 0 Å². The molecule has 0 aromatic carbocycles. The second kappa shape index (κ2) is 7.60. The number of hydrogen-bond donors (Lipinski definition) is 2. The van der Waals surface area contributed by atoms with E-state index in [1.807, 2.05) is 0 Å². The van der Waals surface area contributed by atoms with Gasteiger partial charge in [-0.15, -0.1) is 22.7 Å². The fourth-order valence-corrected chi connectivity index (χ4v) is 4.68. The van der Waals surface area contributed by atoms with Crippen molar-refractivity contribution in [3.05, 3.63) is 12.9 Å². The van der Waals surface area contributed by atoms with Gasteiger partial charge in [0.15, 0.2) is 0 Å². The Balaban J connectivity index is 1.98. The number of nitrogens with one attached hydrogen (secondary N) is 1. The first-order valence-electron chi connectivity index (χ1n) is 7.06. The highest BCUT2D eigenvalue weighted by molar-refractivity contribution is 7.76. The summed E-state index contributed by atoms with van der Waals surface area (Å²) in [5.41, 5.74) is 0. The van der Waals surface area contributed by atoms with E-state index in [0.29, 0.717) is 16.2 Å². The van der Waals surface area contributed by atoms with E-state index in [9.17, 15) is 14.7 Å². The molecule has 0 saturated carbocycles. The van der Waals surface area contributed by atoms with Gasteiger partial charge in [0.1, 0.15) is 12.9 Å². The summed E-state index contributed by atoms with van der Waals surface area (Å²) in [7, 11) is 4.25. The average molecular weight is 363 g/mol. The summed E-state index contributed by atoms with van der Waals surface area (Å²) >= 11 is 7.13. The molecule has 1 aliphatic rings. The van der Waals surface area contributed by atoms with E-state index in [-0.39, 0.29) is 15.7 Å². The SMILES string of the molecule is C[NH+](C)CCN1CCN(C(=O)c2sc(=S)sc2C(=O)O)CC1. The first-order chi connectivity index (χ1) is 10.4. The summed E-state index contributed by atoms with van der Waals surface area (Å²) in [6.07, 6.45) is 0. The lowest BCUT2D eigenvalue weighted by Gasteiger charge is -2.34. The van der Waals surface area contributed by atoms with Crippen LogP contribution in [-0.4, -0.2) is 80.1 Å². The van der Waals surface area contributed by atoms with E-state index in [0.717, 1.165) is 48.9 Å². The van der Waals surface area contributed by atoms with Crippen LogP contribution in [0.25, 0.3) is 0 Å². The molecule has 1 aromatic heterocycles. The normalized spacial score (nSPS) is 16.2. The van der Waals surface area contributed by atoms with Crippen LogP contribution in [0.5, 0.6) is 0 Å². The molecule has 1 saturated heterocycles. The monoisotopic (exact) mass is 362 g/mol. The fraction of sp³-hybridized carbons (Fsp3) is 0.615. The molecule has 1 aliphatic heterocycles. The van der Waals surface area contributed by atoms with Gasteiger partial charge in [-0.2, -0.15) is 0 Å². The van der Waals surface area contributed by atoms with Crippen molar-refractivity contribution in [2.75, 3.05) is 53.4 Å². The van der Waals surface area contributed by atoms with Crippen LogP contribution in [0.2, 0.25) is 0 Å². The number of amides is 1. The lowest BCUT2D eigenvalue weighted by Crippen LogP contribution is -3.06. The third kappa shape index (κ3) is 4.32. The second-order valence-corrected chi connectivity index (χ2v) is 8.73. The molecule has 0 spiro atoms. The predicted octanol–water partition coefficient (Wildman–Crippen LogP) is 0.140. The highest BCUT2D eigenvalue weighted by Gasteiger charge is 2.27. The minimum Gasteiger partial charge on any atom is -0.477 e. The first-order valence-corrected chi connectivity index (χ1v) is 9.10. The smallest absolute Gasteiger partial charge is 0.347 e. The van der Waals surface area contributed by atoms with E-state index >= 15 is 0 Å². The zero-order valence-electron chi connectivity index (χ0n) is 12.6. The van der Waals surface area contributed by atoms with E-state index in [2.05, 4.69) is 19.0 Å². The Kier molecular flexibility index (Phi) is 6.04. The Morgan fingerprint density at radius 2 is 1.77 bits per heavy atom. The third-order valence-electron chi connectivity index (χ3n) is 3.55. The number of aromatic carboxylic acids is 1. The van der Waals surface area contributed by atoms with Crippen molar-refractivity contribution in [1.82, 2.24) is 9.80 Å². The largest absolute Gasteiger partial charge is 0.477 e. The van der Waals surface area contributed by atoms with Crippen LogP contribution in [0.1, 0.15) is 19.3 Å². The molecule has 0 radical (unpaired) electrons. The molecule has 0 bridgehead atoms. The molecule has 22 heavy (non-hydrogen) atoms. The standard InChI is InChI=1S/C13H19N3O3S3/c1-14(2)3-4-15-5-7-16(8-6-15)11(17)9-10(12(18)19)22-13(20)21-9/h3-8H2,1-2H3,(H,18,19)/p+1. The number of piperazine rings is 1. The number of carboxylic acids is 1. The van der Waals surface area contributed by atoms with Crippen molar-refractivity contribution in [2.24, 2.45) is 0 Å². The van der Waals surface area contributed by atoms with Crippen LogP contribution in [0.15, 0.2) is 0 Å². The zero-order chi connectivity index (χ0) is 16.3. The van der Waals surface area contributed by atoms with E-state index < -0.39 is 5.97 Å². The highest BCUT2D eigenvalue weighted by atomic mass is 32.2. The number of quaternary nitrogens is 1. The van der Waals surface area contributed by atoms with Crippen LogP contribution in [0, 0.1) is 3.14 Å². The minimum absolute atomic E-state index is 0.0682. The maximum Gasteiger partial charge on any atom is 0.347 e. The average Bonchev–Trinajstić information content (AvgIpc) is 2.87. The van der Waals surface area contributed by atoms with E-state index in [1.165, 1.54) is 4.90 Å². The number of likely N-dealkylation sites (N-methyl/N-ethyl adjacent to an activating group) is 1. The lowest BCUT2D eigenvalue weighted by atomic mass is 10.2. The van der Waals surface area contributed by atoms with Gasteiger partial charge in [-0.25, -0.2) is 4.79 Å². The predicted molar refractivity (Wildman–Crippen MR) is 90.0 cm³/mol. The molecule has 2 N–H and O–H groups in total. The van der Waals surface area contributed by atoms with Crippen LogP contribution in [0.3, 0.4) is 0 Å². The zero-order valence-corrected chi connectivity index (χ0v) is 15.1. The summed E-state index contributed by atoms with van der Waals surface area (Å²) in [4.78, 5) is 29.6. The van der Waals surface area contributed by atoms with Gasteiger partial charge in [0.2, 0.25) is 0 Å². The van der Waals surface area contributed by atoms with Crippen molar-refractivity contribution in [3.8, 4) is 0 Å². The first kappa shape index (κ1) is 17.5. The summed E-state index contributed by atoms with van der Waals surface area (Å²) in [6, 6.07) is 0. The molecule has 1 fully saturated rings. The highest BCUT2D eigenvalue weighted by Crippen LogP contribution is 2.26. The van der Waals surface area contributed by atoms with Crippen molar-refractivity contribution in [2.45, 2.75) is 0 Å². The van der Waals surface area contributed by atoms with Crippen LogP contribution < -0.4 is 4.90 Å². The maximum absolute atomic E-state index is 12.5. The lowest BCUT2D eigenvalue weighted by molar-refractivity contribution is -0.857. The molecule has 2 heterocycles. The molecule has 0 unspecified atom stereocenters. The van der Waals surface area contributed by atoms with Crippen molar-refractivity contribution >= 4 is 46.8 Å². The number of nitrogens with zero attached hydrogens (tertiary/aromatic N) is 2. The van der Waals surface area contributed by atoms with Crippen LogP contribution >= 0.6 is 34.9 Å². The molecular weight excluding hydrogens is 342 g/mol. The molecule has 0 atom stereocenters. The molecule has 2 rings (SSSR count). The molecule has 9 heteroatoms. The molecule has 1 amide bonds. The van der Waals surface area contributed by atoms with E-state index in [4.69, 9.17) is 12.2 Å². The van der Waals surface area contributed by atoms with Crippen molar-refractivity contribution < 1.29 is 19.6 Å². The Morgan fingerprint density at radius 3 is 2.32 bits per heavy atom. The fourth-order valence-electron chi connectivity index (χ4n) is 2.26. The molecular formula is C13H20N3O3S3+. The third-order valence-corrected chi connectivity index (χ3v) is 6.18. The van der Waals surface area contributed by atoms with Gasteiger partial charge in [0.05, 0.1) is 20.6 Å². The number of carboxylic acid groups (broad SMARTS) is 1.